The molecule has 4 N–H and O–H groups in total. The van der Waals surface area contributed by atoms with Crippen molar-refractivity contribution in [3.05, 3.63) is 76.0 Å². The third kappa shape index (κ3) is 4.52. The van der Waals surface area contributed by atoms with Gasteiger partial charge in [0.2, 0.25) is 5.91 Å². The average molecular weight is 402 g/mol. The molecule has 0 saturated carbocycles. The van der Waals surface area contributed by atoms with Gasteiger partial charge >= 0.3 is 0 Å². The van der Waals surface area contributed by atoms with Crippen LogP contribution < -0.4 is 16.4 Å². The minimum absolute atomic E-state index is 0.191. The number of nitrogens with two attached hydrogens (primary N) is 1. The summed E-state index contributed by atoms with van der Waals surface area (Å²) in [5, 5.41) is 6.20. The summed E-state index contributed by atoms with van der Waals surface area (Å²) < 4.78 is 0. The van der Waals surface area contributed by atoms with Gasteiger partial charge in [0.1, 0.15) is 11.6 Å². The van der Waals surface area contributed by atoms with Gasteiger partial charge in [-0.05, 0) is 30.3 Å². The zero-order valence-corrected chi connectivity index (χ0v) is 15.3. The topological polar surface area (TPSA) is 110 Å². The lowest BCUT2D eigenvalue weighted by molar-refractivity contribution is 0.0997. The molecule has 0 saturated heterocycles. The minimum atomic E-state index is -0.560. The van der Waals surface area contributed by atoms with Crippen molar-refractivity contribution in [3.63, 3.8) is 0 Å². The number of hydrogen-bond acceptors (Lipinski definition) is 5. The molecule has 0 atom stereocenters. The van der Waals surface area contributed by atoms with Crippen LogP contribution in [0.2, 0.25) is 10.0 Å². The lowest BCUT2D eigenvalue weighted by atomic mass is 10.2. The SMILES string of the molecule is NC(=O)c1ccc(Nc2cc(NC(=O)c3c(Cl)cccc3Cl)ccn2)nc1. The number of rotatable bonds is 5. The van der Waals surface area contributed by atoms with E-state index < -0.39 is 11.8 Å². The molecule has 0 aliphatic carbocycles. The van der Waals surface area contributed by atoms with Crippen molar-refractivity contribution >= 4 is 52.3 Å². The monoisotopic (exact) mass is 401 g/mol. The molecule has 0 spiro atoms. The number of anilines is 3. The Morgan fingerprint density at radius 2 is 1.70 bits per heavy atom. The summed E-state index contributed by atoms with van der Waals surface area (Å²) in [6.07, 6.45) is 2.87. The zero-order valence-electron chi connectivity index (χ0n) is 13.7. The Labute approximate surface area is 164 Å². The highest BCUT2D eigenvalue weighted by Crippen LogP contribution is 2.25. The summed E-state index contributed by atoms with van der Waals surface area (Å²) in [5.74, 6) is -0.0932. The maximum atomic E-state index is 12.4. The van der Waals surface area contributed by atoms with Crippen molar-refractivity contribution in [2.24, 2.45) is 5.73 Å². The number of amides is 2. The lowest BCUT2D eigenvalue weighted by Crippen LogP contribution is -2.13. The molecule has 2 aromatic heterocycles. The van der Waals surface area contributed by atoms with Crippen molar-refractivity contribution in [1.29, 1.82) is 0 Å². The molecule has 27 heavy (non-hydrogen) atoms. The van der Waals surface area contributed by atoms with Crippen LogP contribution in [0.15, 0.2) is 54.9 Å². The zero-order chi connectivity index (χ0) is 19.4. The Hall–Kier alpha value is -3.16. The number of benzene rings is 1. The average Bonchev–Trinajstić information content (AvgIpc) is 2.62. The van der Waals surface area contributed by atoms with Gasteiger partial charge in [-0.15, -0.1) is 0 Å². The normalized spacial score (nSPS) is 10.3. The second-order valence-electron chi connectivity index (χ2n) is 5.40. The van der Waals surface area contributed by atoms with Crippen LogP contribution in [-0.2, 0) is 0 Å². The van der Waals surface area contributed by atoms with Gasteiger partial charge in [0, 0.05) is 24.1 Å². The molecule has 0 aliphatic rings. The van der Waals surface area contributed by atoms with Gasteiger partial charge in [-0.2, -0.15) is 0 Å². The van der Waals surface area contributed by atoms with Crippen molar-refractivity contribution in [2.75, 3.05) is 10.6 Å². The fraction of sp³-hybridized carbons (Fsp3) is 0. The van der Waals surface area contributed by atoms with E-state index in [0.717, 1.165) is 0 Å². The van der Waals surface area contributed by atoms with E-state index in [9.17, 15) is 9.59 Å². The molecule has 136 valence electrons. The van der Waals surface area contributed by atoms with E-state index in [4.69, 9.17) is 28.9 Å². The number of halogens is 2. The summed E-state index contributed by atoms with van der Waals surface area (Å²) in [7, 11) is 0. The van der Waals surface area contributed by atoms with E-state index >= 15 is 0 Å². The Kier molecular flexibility index (Phi) is 5.54. The van der Waals surface area contributed by atoms with Crippen molar-refractivity contribution in [3.8, 4) is 0 Å². The standard InChI is InChI=1S/C18H13Cl2N5O2/c19-12-2-1-3-13(20)16(12)18(27)24-11-6-7-22-15(8-11)25-14-5-4-10(9-23-14)17(21)26/h1-9H,(H2,21,26)(H2,22,23,24,25,27). The smallest absolute Gasteiger partial charge is 0.258 e. The summed E-state index contributed by atoms with van der Waals surface area (Å²) in [4.78, 5) is 31.8. The number of carbonyl (C=O) groups is 2. The second kappa shape index (κ2) is 8.03. The fourth-order valence-electron chi connectivity index (χ4n) is 2.23. The molecule has 0 bridgehead atoms. The highest BCUT2D eigenvalue weighted by Gasteiger charge is 2.15. The van der Waals surface area contributed by atoms with E-state index in [-0.39, 0.29) is 15.6 Å². The van der Waals surface area contributed by atoms with Crippen LogP contribution in [0.4, 0.5) is 17.3 Å². The Morgan fingerprint density at radius 1 is 0.963 bits per heavy atom. The first-order valence-corrected chi connectivity index (χ1v) is 8.44. The first-order valence-electron chi connectivity index (χ1n) is 7.68. The predicted octanol–water partition coefficient (Wildman–Crippen LogP) is 3.88. The van der Waals surface area contributed by atoms with Gasteiger partial charge in [0.05, 0.1) is 21.2 Å². The van der Waals surface area contributed by atoms with E-state index in [0.29, 0.717) is 22.9 Å². The van der Waals surface area contributed by atoms with Crippen molar-refractivity contribution in [1.82, 2.24) is 9.97 Å². The number of aromatic nitrogens is 2. The third-order valence-electron chi connectivity index (χ3n) is 3.51. The third-order valence-corrected chi connectivity index (χ3v) is 4.14. The first kappa shape index (κ1) is 18.6. The van der Waals surface area contributed by atoms with Gasteiger partial charge in [0.25, 0.3) is 5.91 Å². The molecule has 0 fully saturated rings. The van der Waals surface area contributed by atoms with Gasteiger partial charge in [-0.3, -0.25) is 9.59 Å². The second-order valence-corrected chi connectivity index (χ2v) is 6.22. The first-order chi connectivity index (χ1) is 12.9. The van der Waals surface area contributed by atoms with Crippen LogP contribution in [-0.4, -0.2) is 21.8 Å². The molecule has 9 heteroatoms. The summed E-state index contributed by atoms with van der Waals surface area (Å²) in [6, 6.07) is 11.2. The van der Waals surface area contributed by atoms with Crippen LogP contribution >= 0.6 is 23.2 Å². The summed E-state index contributed by atoms with van der Waals surface area (Å²) in [5.41, 5.74) is 6.16. The molecule has 0 radical (unpaired) electrons. The summed E-state index contributed by atoms with van der Waals surface area (Å²) >= 11 is 12.1. The van der Waals surface area contributed by atoms with Crippen LogP contribution in [0.3, 0.4) is 0 Å². The molecule has 3 rings (SSSR count). The largest absolute Gasteiger partial charge is 0.366 e. The van der Waals surface area contributed by atoms with Gasteiger partial charge < -0.3 is 16.4 Å². The van der Waals surface area contributed by atoms with Crippen molar-refractivity contribution in [2.45, 2.75) is 0 Å². The predicted molar refractivity (Wildman–Crippen MR) is 105 cm³/mol. The Balaban J connectivity index is 1.75. The molecule has 0 unspecified atom stereocenters. The number of pyridine rings is 2. The molecule has 2 amide bonds. The Morgan fingerprint density at radius 3 is 2.33 bits per heavy atom. The quantitative estimate of drug-likeness (QED) is 0.600. The van der Waals surface area contributed by atoms with E-state index in [2.05, 4.69) is 20.6 Å². The van der Waals surface area contributed by atoms with Gasteiger partial charge in [-0.1, -0.05) is 29.3 Å². The van der Waals surface area contributed by atoms with Crippen LogP contribution in [0.1, 0.15) is 20.7 Å². The molecule has 2 heterocycles. The molecular formula is C18H13Cl2N5O2. The number of carbonyl (C=O) groups excluding carboxylic acids is 2. The maximum Gasteiger partial charge on any atom is 0.258 e. The maximum absolute atomic E-state index is 12.4. The van der Waals surface area contributed by atoms with E-state index in [1.165, 1.54) is 12.4 Å². The highest BCUT2D eigenvalue weighted by molar-refractivity contribution is 6.40. The molecule has 7 nitrogen and oxygen atoms in total. The van der Waals surface area contributed by atoms with Crippen LogP contribution in [0.5, 0.6) is 0 Å². The van der Waals surface area contributed by atoms with Crippen LogP contribution in [0.25, 0.3) is 0 Å². The number of primary amides is 1. The molecule has 3 aromatic rings. The van der Waals surface area contributed by atoms with Crippen LogP contribution in [0, 0.1) is 0 Å². The van der Waals surface area contributed by atoms with E-state index in [1.807, 2.05) is 0 Å². The molecule has 1 aromatic carbocycles. The van der Waals surface area contributed by atoms with Gasteiger partial charge in [-0.25, -0.2) is 9.97 Å². The fourth-order valence-corrected chi connectivity index (χ4v) is 2.80. The number of nitrogens with one attached hydrogen (secondary N) is 2. The lowest BCUT2D eigenvalue weighted by Gasteiger charge is -2.10. The molecule has 0 aliphatic heterocycles. The Bertz CT molecular complexity index is 989. The number of hydrogen-bond donors (Lipinski definition) is 3. The summed E-state index contributed by atoms with van der Waals surface area (Å²) in [6.45, 7) is 0. The minimum Gasteiger partial charge on any atom is -0.366 e. The molecular weight excluding hydrogens is 389 g/mol. The van der Waals surface area contributed by atoms with Gasteiger partial charge in [0.15, 0.2) is 0 Å². The number of nitrogens with zero attached hydrogens (tertiary/aromatic N) is 2. The highest BCUT2D eigenvalue weighted by atomic mass is 35.5. The van der Waals surface area contributed by atoms with E-state index in [1.54, 1.807) is 42.5 Å². The van der Waals surface area contributed by atoms with Crippen molar-refractivity contribution < 1.29 is 9.59 Å².